The fourth-order valence-electron chi connectivity index (χ4n) is 3.14. The largest absolute Gasteiger partial charge is 0.459 e. The molecule has 11 heteroatoms. The maximum absolute atomic E-state index is 12.4. The number of amides is 1. The van der Waals surface area contributed by atoms with Crippen molar-refractivity contribution in [1.29, 1.82) is 0 Å². The Balaban J connectivity index is 1.54. The maximum Gasteiger partial charge on any atom is 0.373 e. The highest BCUT2D eigenvalue weighted by Crippen LogP contribution is 2.36. The van der Waals surface area contributed by atoms with Crippen LogP contribution in [0, 0.1) is 10.1 Å². The van der Waals surface area contributed by atoms with Crippen molar-refractivity contribution in [3.8, 4) is 11.6 Å². The number of halogens is 1. The molecule has 3 heterocycles. The van der Waals surface area contributed by atoms with Gasteiger partial charge in [0.25, 0.3) is 5.91 Å². The Morgan fingerprint density at radius 2 is 1.97 bits per heavy atom. The van der Waals surface area contributed by atoms with Gasteiger partial charge in [-0.2, -0.15) is 4.98 Å². The lowest BCUT2D eigenvalue weighted by atomic mass is 10.2. The predicted molar refractivity (Wildman–Crippen MR) is 110 cm³/mol. The van der Waals surface area contributed by atoms with Gasteiger partial charge in [-0.3, -0.25) is 14.9 Å². The molecule has 10 nitrogen and oxygen atoms in total. The van der Waals surface area contributed by atoms with Crippen LogP contribution in [0.1, 0.15) is 10.6 Å². The molecular weight excluding hydrogens is 458 g/mol. The lowest BCUT2D eigenvalue weighted by molar-refractivity contribution is -0.385. The van der Waals surface area contributed by atoms with Gasteiger partial charge in [-0.1, -0.05) is 22.0 Å². The molecule has 0 N–H and O–H groups in total. The number of rotatable bonds is 5. The third kappa shape index (κ3) is 4.10. The van der Waals surface area contributed by atoms with E-state index in [1.54, 1.807) is 40.1 Å². The molecule has 0 aliphatic carbocycles. The lowest BCUT2D eigenvalue weighted by Gasteiger charge is -2.34. The number of carbonyl (C=O) groups is 1. The first kappa shape index (κ1) is 19.8. The zero-order valence-corrected chi connectivity index (χ0v) is 17.2. The molecule has 154 valence electrons. The fraction of sp³-hybridized carbons (Fsp3) is 0.211. The van der Waals surface area contributed by atoms with Gasteiger partial charge in [0.1, 0.15) is 12.1 Å². The highest BCUT2D eigenvalue weighted by molar-refractivity contribution is 9.10. The summed E-state index contributed by atoms with van der Waals surface area (Å²) in [6, 6.07) is 10.2. The molecule has 4 rings (SSSR count). The van der Waals surface area contributed by atoms with Crippen LogP contribution in [0.3, 0.4) is 0 Å². The first-order valence-electron chi connectivity index (χ1n) is 9.03. The average molecular weight is 474 g/mol. The van der Waals surface area contributed by atoms with Crippen LogP contribution < -0.4 is 9.64 Å². The van der Waals surface area contributed by atoms with Crippen LogP contribution in [0.5, 0.6) is 11.6 Å². The zero-order valence-electron chi connectivity index (χ0n) is 15.6. The van der Waals surface area contributed by atoms with Crippen LogP contribution in [0.25, 0.3) is 0 Å². The minimum atomic E-state index is -0.553. The standard InChI is InChI=1S/C19H16BrN5O5/c20-13-3-1-4-14(11-13)30-18-16(25(27)28)17(21-12-22-18)23-6-8-24(9-7-23)19(26)15-5-2-10-29-15/h1-5,10-12H,6-9H2. The molecule has 0 spiro atoms. The summed E-state index contributed by atoms with van der Waals surface area (Å²) in [7, 11) is 0. The minimum absolute atomic E-state index is 0.141. The summed E-state index contributed by atoms with van der Waals surface area (Å²) in [6.45, 7) is 1.51. The summed E-state index contributed by atoms with van der Waals surface area (Å²) in [4.78, 5) is 35.1. The topological polar surface area (TPSA) is 115 Å². The Hall–Kier alpha value is -3.47. The summed E-state index contributed by atoms with van der Waals surface area (Å²) in [5.41, 5.74) is -0.316. The van der Waals surface area contributed by atoms with Crippen molar-refractivity contribution in [2.45, 2.75) is 0 Å². The Morgan fingerprint density at radius 3 is 2.63 bits per heavy atom. The van der Waals surface area contributed by atoms with Crippen molar-refractivity contribution in [1.82, 2.24) is 14.9 Å². The normalized spacial score (nSPS) is 13.9. The van der Waals surface area contributed by atoms with Gasteiger partial charge in [0, 0.05) is 30.7 Å². The first-order valence-corrected chi connectivity index (χ1v) is 9.83. The van der Waals surface area contributed by atoms with Gasteiger partial charge < -0.3 is 19.0 Å². The molecule has 0 bridgehead atoms. The molecule has 30 heavy (non-hydrogen) atoms. The smallest absolute Gasteiger partial charge is 0.373 e. The number of piperazine rings is 1. The van der Waals surface area contributed by atoms with Crippen LogP contribution in [0.4, 0.5) is 11.5 Å². The van der Waals surface area contributed by atoms with Gasteiger partial charge in [-0.25, -0.2) is 4.98 Å². The molecular formula is C19H16BrN5O5. The number of anilines is 1. The second-order valence-electron chi connectivity index (χ2n) is 6.42. The molecule has 1 saturated heterocycles. The van der Waals surface area contributed by atoms with Gasteiger partial charge in [0.05, 0.1) is 11.2 Å². The maximum atomic E-state index is 12.4. The van der Waals surface area contributed by atoms with Gasteiger partial charge in [-0.05, 0) is 30.3 Å². The van der Waals surface area contributed by atoms with Crippen LogP contribution >= 0.6 is 15.9 Å². The fourth-order valence-corrected chi connectivity index (χ4v) is 3.52. The SMILES string of the molecule is O=C(c1ccco1)N1CCN(c2ncnc(Oc3cccc(Br)c3)c2[N+](=O)[O-])CC1. The van der Waals surface area contributed by atoms with E-state index in [2.05, 4.69) is 25.9 Å². The predicted octanol–water partition coefficient (Wildman–Crippen LogP) is 3.50. The van der Waals surface area contributed by atoms with E-state index in [0.29, 0.717) is 31.9 Å². The van der Waals surface area contributed by atoms with Crippen LogP contribution in [-0.2, 0) is 0 Å². The number of hydrogen-bond acceptors (Lipinski definition) is 8. The molecule has 1 aliphatic heterocycles. The number of hydrogen-bond donors (Lipinski definition) is 0. The number of furan rings is 1. The van der Waals surface area contributed by atoms with Crippen molar-refractivity contribution in [2.75, 3.05) is 31.1 Å². The number of aromatic nitrogens is 2. The quantitative estimate of drug-likeness (QED) is 0.408. The van der Waals surface area contributed by atoms with Crippen molar-refractivity contribution in [3.05, 3.63) is 69.3 Å². The van der Waals surface area contributed by atoms with Crippen molar-refractivity contribution in [3.63, 3.8) is 0 Å². The van der Waals surface area contributed by atoms with E-state index in [4.69, 9.17) is 9.15 Å². The Kier molecular flexibility index (Phi) is 5.61. The van der Waals surface area contributed by atoms with Gasteiger partial charge in [0.15, 0.2) is 5.76 Å². The van der Waals surface area contributed by atoms with Gasteiger partial charge in [0.2, 0.25) is 5.82 Å². The molecule has 0 unspecified atom stereocenters. The van der Waals surface area contributed by atoms with E-state index in [1.165, 1.54) is 12.6 Å². The highest BCUT2D eigenvalue weighted by atomic mass is 79.9. The number of ether oxygens (including phenoxy) is 1. The minimum Gasteiger partial charge on any atom is -0.459 e. The molecule has 1 aliphatic rings. The van der Waals surface area contributed by atoms with E-state index in [1.807, 2.05) is 6.07 Å². The molecule has 0 saturated carbocycles. The average Bonchev–Trinajstić information content (AvgIpc) is 3.28. The summed E-state index contributed by atoms with van der Waals surface area (Å²) in [5, 5.41) is 11.8. The van der Waals surface area contributed by atoms with Crippen LogP contribution in [-0.4, -0.2) is 51.9 Å². The number of nitro groups is 1. The second-order valence-corrected chi connectivity index (χ2v) is 7.34. The third-order valence-corrected chi connectivity index (χ3v) is 5.05. The van der Waals surface area contributed by atoms with E-state index in [9.17, 15) is 14.9 Å². The van der Waals surface area contributed by atoms with E-state index in [-0.39, 0.29) is 29.1 Å². The Morgan fingerprint density at radius 1 is 1.17 bits per heavy atom. The van der Waals surface area contributed by atoms with E-state index < -0.39 is 4.92 Å². The van der Waals surface area contributed by atoms with Crippen molar-refractivity contribution < 1.29 is 18.9 Å². The molecule has 1 amide bonds. The van der Waals surface area contributed by atoms with Gasteiger partial charge in [-0.15, -0.1) is 0 Å². The second kappa shape index (κ2) is 8.49. The summed E-state index contributed by atoms with van der Waals surface area (Å²) < 4.78 is 11.6. The van der Waals surface area contributed by atoms with Crippen LogP contribution in [0.2, 0.25) is 0 Å². The molecule has 0 atom stereocenters. The number of nitrogens with zero attached hydrogens (tertiary/aromatic N) is 5. The zero-order chi connectivity index (χ0) is 21.1. The summed E-state index contributed by atoms with van der Waals surface area (Å²) >= 11 is 3.34. The van der Waals surface area contributed by atoms with Crippen molar-refractivity contribution in [2.24, 2.45) is 0 Å². The molecule has 1 aromatic carbocycles. The summed E-state index contributed by atoms with van der Waals surface area (Å²) in [5.74, 6) is 0.477. The highest BCUT2D eigenvalue weighted by Gasteiger charge is 2.32. The summed E-state index contributed by atoms with van der Waals surface area (Å²) in [6.07, 6.45) is 2.68. The lowest BCUT2D eigenvalue weighted by Crippen LogP contribution is -2.49. The molecule has 1 fully saturated rings. The monoisotopic (exact) mass is 473 g/mol. The Bertz CT molecular complexity index is 1070. The third-order valence-electron chi connectivity index (χ3n) is 4.56. The molecule has 0 radical (unpaired) electrons. The van der Waals surface area contributed by atoms with Crippen LogP contribution in [0.15, 0.2) is 57.9 Å². The number of carbonyl (C=O) groups excluding carboxylic acids is 1. The van der Waals surface area contributed by atoms with E-state index in [0.717, 1.165) is 4.47 Å². The van der Waals surface area contributed by atoms with Crippen molar-refractivity contribution >= 4 is 33.3 Å². The Labute approximate surface area is 179 Å². The number of benzene rings is 1. The van der Waals surface area contributed by atoms with E-state index >= 15 is 0 Å². The molecule has 2 aromatic heterocycles. The first-order chi connectivity index (χ1) is 14.5. The van der Waals surface area contributed by atoms with Gasteiger partial charge >= 0.3 is 11.6 Å². The molecule has 3 aromatic rings.